The zero-order chi connectivity index (χ0) is 10.8. The van der Waals surface area contributed by atoms with E-state index in [2.05, 4.69) is 26.1 Å². The van der Waals surface area contributed by atoms with Gasteiger partial charge in [0.25, 0.3) is 0 Å². The van der Waals surface area contributed by atoms with Crippen molar-refractivity contribution in [3.8, 4) is 17.2 Å². The van der Waals surface area contributed by atoms with Crippen LogP contribution in [0, 0.1) is 0 Å². The van der Waals surface area contributed by atoms with Gasteiger partial charge in [0.15, 0.2) is 0 Å². The van der Waals surface area contributed by atoms with Gasteiger partial charge in [-0.25, -0.2) is 0 Å². The smallest absolute Gasteiger partial charge is 0.249 e. The third-order valence-electron chi connectivity index (χ3n) is 1.81. The Balaban J connectivity index is 2.61. The molecule has 0 unspecified atom stereocenters. The van der Waals surface area contributed by atoms with E-state index in [9.17, 15) is 0 Å². The Morgan fingerprint density at radius 1 is 1.47 bits per heavy atom. The Labute approximate surface area is 99.3 Å². The van der Waals surface area contributed by atoms with Crippen LogP contribution in [0.3, 0.4) is 0 Å². The first-order valence-electron chi connectivity index (χ1n) is 4.02. The molecule has 78 valence electrons. The molecule has 0 atom stereocenters. The summed E-state index contributed by atoms with van der Waals surface area (Å²) in [5.74, 6) is 0.916. The fraction of sp³-hybridized carbons (Fsp3) is 0.111. The number of hydrogen-bond acceptors (Lipinski definition) is 4. The zero-order valence-electron chi connectivity index (χ0n) is 7.70. The quantitative estimate of drug-likeness (QED) is 0.852. The maximum Gasteiger partial charge on any atom is 0.249 e. The standard InChI is InChI=1S/C9H6BrClN2O2/c1-14-7-3-5(10)2-6(8(7)11)9-13-12-4-15-9/h2-4H,1H3. The van der Waals surface area contributed by atoms with Gasteiger partial charge in [-0.05, 0) is 12.1 Å². The second-order valence-corrected chi connectivity index (χ2v) is 4.01. The van der Waals surface area contributed by atoms with Crippen LogP contribution in [0.25, 0.3) is 11.5 Å². The average Bonchev–Trinajstić information content (AvgIpc) is 2.74. The Hall–Kier alpha value is -1.07. The van der Waals surface area contributed by atoms with Gasteiger partial charge >= 0.3 is 0 Å². The first-order chi connectivity index (χ1) is 7.22. The minimum atomic E-state index is 0.361. The third-order valence-corrected chi connectivity index (χ3v) is 2.66. The van der Waals surface area contributed by atoms with Crippen LogP contribution >= 0.6 is 27.5 Å². The Morgan fingerprint density at radius 3 is 2.87 bits per heavy atom. The largest absolute Gasteiger partial charge is 0.495 e. The van der Waals surface area contributed by atoms with Crippen molar-refractivity contribution in [3.05, 3.63) is 28.0 Å². The van der Waals surface area contributed by atoms with E-state index in [1.807, 2.05) is 0 Å². The molecule has 0 saturated carbocycles. The van der Waals surface area contributed by atoms with Crippen LogP contribution in [0.15, 0.2) is 27.4 Å². The van der Waals surface area contributed by atoms with Crippen molar-refractivity contribution in [2.75, 3.05) is 7.11 Å². The monoisotopic (exact) mass is 288 g/mol. The lowest BCUT2D eigenvalue weighted by Crippen LogP contribution is -1.88. The molecular formula is C9H6BrClN2O2. The van der Waals surface area contributed by atoms with Crippen LogP contribution in [-0.4, -0.2) is 17.3 Å². The predicted octanol–water partition coefficient (Wildman–Crippen LogP) is 3.16. The van der Waals surface area contributed by atoms with Gasteiger partial charge in [-0.1, -0.05) is 27.5 Å². The van der Waals surface area contributed by atoms with Crippen molar-refractivity contribution >= 4 is 27.5 Å². The summed E-state index contributed by atoms with van der Waals surface area (Å²) in [6, 6.07) is 3.56. The van der Waals surface area contributed by atoms with Crippen molar-refractivity contribution in [3.63, 3.8) is 0 Å². The molecule has 15 heavy (non-hydrogen) atoms. The molecule has 0 radical (unpaired) electrons. The maximum absolute atomic E-state index is 6.10. The third kappa shape index (κ3) is 1.98. The number of halogens is 2. The molecule has 0 spiro atoms. The lowest BCUT2D eigenvalue weighted by molar-refractivity contribution is 0.414. The summed E-state index contributed by atoms with van der Waals surface area (Å²) in [5, 5.41) is 7.83. The van der Waals surface area contributed by atoms with Gasteiger partial charge in [0.2, 0.25) is 12.3 Å². The van der Waals surface area contributed by atoms with Crippen LogP contribution in [0.5, 0.6) is 5.75 Å². The molecule has 6 heteroatoms. The molecule has 0 fully saturated rings. The molecule has 1 aromatic heterocycles. The molecule has 0 saturated heterocycles. The van der Waals surface area contributed by atoms with Gasteiger partial charge in [-0.3, -0.25) is 0 Å². The zero-order valence-corrected chi connectivity index (χ0v) is 10.0. The molecule has 4 nitrogen and oxygen atoms in total. The molecule has 2 aromatic rings. The maximum atomic E-state index is 6.10. The molecule has 0 aliphatic carbocycles. The van der Waals surface area contributed by atoms with Gasteiger partial charge in [0.1, 0.15) is 5.75 Å². The number of hydrogen-bond donors (Lipinski definition) is 0. The summed E-state index contributed by atoms with van der Waals surface area (Å²) >= 11 is 9.44. The van der Waals surface area contributed by atoms with Crippen LogP contribution < -0.4 is 4.74 Å². The lowest BCUT2D eigenvalue weighted by Gasteiger charge is -2.06. The van der Waals surface area contributed by atoms with Gasteiger partial charge < -0.3 is 9.15 Å². The summed E-state index contributed by atoms with van der Waals surface area (Å²) in [6.07, 6.45) is 1.25. The number of aromatic nitrogens is 2. The SMILES string of the molecule is COc1cc(Br)cc(-c2nnco2)c1Cl. The summed E-state index contributed by atoms with van der Waals surface area (Å²) in [6.45, 7) is 0. The number of ether oxygens (including phenoxy) is 1. The van der Waals surface area contributed by atoms with E-state index < -0.39 is 0 Å². The van der Waals surface area contributed by atoms with Gasteiger partial charge in [0, 0.05) is 4.47 Å². The fourth-order valence-corrected chi connectivity index (χ4v) is 1.86. The summed E-state index contributed by atoms with van der Waals surface area (Å²) in [5.41, 5.74) is 0.639. The summed E-state index contributed by atoms with van der Waals surface area (Å²) in [7, 11) is 1.55. The molecule has 0 amide bonds. The lowest BCUT2D eigenvalue weighted by atomic mass is 10.2. The van der Waals surface area contributed by atoms with E-state index in [1.165, 1.54) is 6.39 Å². The highest BCUT2D eigenvalue weighted by Crippen LogP contribution is 2.37. The highest BCUT2D eigenvalue weighted by molar-refractivity contribution is 9.10. The van der Waals surface area contributed by atoms with E-state index in [0.717, 1.165) is 4.47 Å². The van der Waals surface area contributed by atoms with E-state index in [1.54, 1.807) is 19.2 Å². The van der Waals surface area contributed by atoms with Crippen LogP contribution in [0.2, 0.25) is 5.02 Å². The highest BCUT2D eigenvalue weighted by Gasteiger charge is 2.14. The second-order valence-electron chi connectivity index (χ2n) is 2.71. The van der Waals surface area contributed by atoms with Crippen molar-refractivity contribution in [1.82, 2.24) is 10.2 Å². The number of methoxy groups -OCH3 is 1. The van der Waals surface area contributed by atoms with Gasteiger partial charge in [-0.15, -0.1) is 10.2 Å². The van der Waals surface area contributed by atoms with Crippen LogP contribution in [0.4, 0.5) is 0 Å². The Bertz CT molecular complexity index is 473. The number of rotatable bonds is 2. The minimum Gasteiger partial charge on any atom is -0.495 e. The van der Waals surface area contributed by atoms with Crippen molar-refractivity contribution in [1.29, 1.82) is 0 Å². The van der Waals surface area contributed by atoms with Crippen molar-refractivity contribution in [2.45, 2.75) is 0 Å². The summed E-state index contributed by atoms with van der Waals surface area (Å²) < 4.78 is 11.0. The van der Waals surface area contributed by atoms with Gasteiger partial charge in [0.05, 0.1) is 17.7 Å². The first kappa shape index (κ1) is 10.4. The molecule has 1 heterocycles. The van der Waals surface area contributed by atoms with E-state index >= 15 is 0 Å². The van der Waals surface area contributed by atoms with Gasteiger partial charge in [-0.2, -0.15) is 0 Å². The van der Waals surface area contributed by atoms with Crippen molar-refractivity contribution < 1.29 is 9.15 Å². The first-order valence-corrected chi connectivity index (χ1v) is 5.19. The normalized spacial score (nSPS) is 10.3. The van der Waals surface area contributed by atoms with E-state index in [-0.39, 0.29) is 0 Å². The fourth-order valence-electron chi connectivity index (χ4n) is 1.16. The van der Waals surface area contributed by atoms with Crippen LogP contribution in [-0.2, 0) is 0 Å². The highest BCUT2D eigenvalue weighted by atomic mass is 79.9. The molecule has 0 bridgehead atoms. The summed E-state index contributed by atoms with van der Waals surface area (Å²) in [4.78, 5) is 0. The average molecular weight is 290 g/mol. The van der Waals surface area contributed by atoms with E-state index in [4.69, 9.17) is 20.8 Å². The molecule has 2 rings (SSSR count). The number of benzene rings is 1. The molecule has 0 N–H and O–H groups in total. The molecule has 0 aliphatic heterocycles. The van der Waals surface area contributed by atoms with Crippen LogP contribution in [0.1, 0.15) is 0 Å². The Kier molecular flexibility index (Phi) is 2.93. The van der Waals surface area contributed by atoms with E-state index in [0.29, 0.717) is 22.2 Å². The van der Waals surface area contributed by atoms with Crippen molar-refractivity contribution in [2.24, 2.45) is 0 Å². The molecule has 0 aliphatic rings. The molecule has 1 aromatic carbocycles. The predicted molar refractivity (Wildman–Crippen MR) is 59.0 cm³/mol. The molecular weight excluding hydrogens is 283 g/mol. The topological polar surface area (TPSA) is 48.2 Å². The Morgan fingerprint density at radius 2 is 2.27 bits per heavy atom. The second kappa shape index (κ2) is 4.20. The minimum absolute atomic E-state index is 0.361. The number of nitrogens with zero attached hydrogens (tertiary/aromatic N) is 2.